The number of nitrogens with zero attached hydrogens (tertiary/aromatic N) is 2. The van der Waals surface area contributed by atoms with Crippen LogP contribution in [0.1, 0.15) is 38.4 Å². The summed E-state index contributed by atoms with van der Waals surface area (Å²) in [5.74, 6) is 0.161. The number of halogens is 1. The van der Waals surface area contributed by atoms with E-state index in [1.807, 2.05) is 31.5 Å². The van der Waals surface area contributed by atoms with Crippen molar-refractivity contribution in [2.75, 3.05) is 18.0 Å². The fourth-order valence-electron chi connectivity index (χ4n) is 1.73. The van der Waals surface area contributed by atoms with Gasteiger partial charge in [-0.3, -0.25) is 0 Å². The molecule has 0 aliphatic rings. The molecule has 0 atom stereocenters. The van der Waals surface area contributed by atoms with Crippen molar-refractivity contribution in [3.63, 3.8) is 0 Å². The zero-order valence-corrected chi connectivity index (χ0v) is 12.4. The molecule has 3 nitrogen and oxygen atoms in total. The van der Waals surface area contributed by atoms with Gasteiger partial charge in [-0.15, -0.1) is 4.57 Å². The van der Waals surface area contributed by atoms with Crippen molar-refractivity contribution in [3.8, 4) is 0 Å². The molecule has 1 rings (SSSR count). The quantitative estimate of drug-likeness (QED) is 0.670. The monoisotopic (exact) mass is 300 g/mol. The lowest BCUT2D eigenvalue weighted by atomic mass is 10.3. The van der Waals surface area contributed by atoms with Crippen molar-refractivity contribution in [2.24, 2.45) is 0 Å². The van der Waals surface area contributed by atoms with Crippen LogP contribution in [-0.4, -0.2) is 19.0 Å². The SMILES string of the molecule is CCCC(=O)[n+]1ccc(N(CC)CC)cc1.[Br-]. The van der Waals surface area contributed by atoms with Gasteiger partial charge < -0.3 is 21.9 Å². The Balaban J connectivity index is 0.00000256. The standard InChI is InChI=1S/C13H21N2O.BrH/c1-4-7-13(16)15-10-8-12(9-11-15)14(5-2)6-3;/h8-11H,4-7H2,1-3H3;1H/q+1;/p-1. The Morgan fingerprint density at radius 2 is 1.71 bits per heavy atom. The summed E-state index contributed by atoms with van der Waals surface area (Å²) in [5.41, 5.74) is 1.17. The third-order valence-corrected chi connectivity index (χ3v) is 2.69. The molecule has 0 amide bonds. The maximum Gasteiger partial charge on any atom is 0.392 e. The molecule has 0 bridgehead atoms. The Labute approximate surface area is 114 Å². The number of rotatable bonds is 5. The molecule has 96 valence electrons. The van der Waals surface area contributed by atoms with E-state index < -0.39 is 0 Å². The average molecular weight is 301 g/mol. The minimum atomic E-state index is 0. The highest BCUT2D eigenvalue weighted by Gasteiger charge is 2.12. The van der Waals surface area contributed by atoms with Crippen LogP contribution in [0.15, 0.2) is 24.5 Å². The molecule has 0 aromatic carbocycles. The Morgan fingerprint density at radius 1 is 1.18 bits per heavy atom. The number of aromatic nitrogens is 1. The van der Waals surface area contributed by atoms with E-state index in [2.05, 4.69) is 18.7 Å². The second kappa shape index (κ2) is 8.23. The second-order valence-corrected chi connectivity index (χ2v) is 3.78. The smallest absolute Gasteiger partial charge is 0.392 e. The zero-order valence-electron chi connectivity index (χ0n) is 10.8. The summed E-state index contributed by atoms with van der Waals surface area (Å²) in [6.45, 7) is 8.26. The lowest BCUT2D eigenvalue weighted by molar-refractivity contribution is -0.574. The lowest BCUT2D eigenvalue weighted by Gasteiger charge is -2.19. The number of pyridine rings is 1. The fourth-order valence-corrected chi connectivity index (χ4v) is 1.73. The molecule has 1 aromatic heterocycles. The van der Waals surface area contributed by atoms with Crippen LogP contribution in [0.2, 0.25) is 0 Å². The molecule has 4 heteroatoms. The molecule has 0 aliphatic carbocycles. The third kappa shape index (κ3) is 4.46. The van der Waals surface area contributed by atoms with E-state index in [1.54, 1.807) is 4.57 Å². The van der Waals surface area contributed by atoms with E-state index in [0.717, 1.165) is 19.5 Å². The van der Waals surface area contributed by atoms with Crippen molar-refractivity contribution in [1.82, 2.24) is 0 Å². The Morgan fingerprint density at radius 3 is 2.12 bits per heavy atom. The van der Waals surface area contributed by atoms with Gasteiger partial charge in [-0.05, 0) is 20.3 Å². The topological polar surface area (TPSA) is 24.2 Å². The van der Waals surface area contributed by atoms with Crippen molar-refractivity contribution < 1.29 is 26.3 Å². The first kappa shape index (κ1) is 16.1. The molecule has 0 aliphatic heterocycles. The number of anilines is 1. The largest absolute Gasteiger partial charge is 1.00 e. The molecular weight excluding hydrogens is 280 g/mol. The molecule has 0 saturated heterocycles. The van der Waals surface area contributed by atoms with Gasteiger partial charge in [0.2, 0.25) is 0 Å². The first-order valence-corrected chi connectivity index (χ1v) is 6.02. The fraction of sp³-hybridized carbons (Fsp3) is 0.538. The van der Waals surface area contributed by atoms with Gasteiger partial charge >= 0.3 is 5.91 Å². The summed E-state index contributed by atoms with van der Waals surface area (Å²) in [6, 6.07) is 4.00. The van der Waals surface area contributed by atoms with Crippen LogP contribution < -0.4 is 26.4 Å². The van der Waals surface area contributed by atoms with Gasteiger partial charge in [0.05, 0.1) is 6.42 Å². The van der Waals surface area contributed by atoms with Crippen molar-refractivity contribution in [3.05, 3.63) is 24.5 Å². The molecule has 0 unspecified atom stereocenters. The van der Waals surface area contributed by atoms with Gasteiger partial charge in [-0.25, -0.2) is 4.79 Å². The van der Waals surface area contributed by atoms with Gasteiger partial charge in [0, 0.05) is 30.9 Å². The van der Waals surface area contributed by atoms with Crippen LogP contribution in [0.4, 0.5) is 5.69 Å². The number of hydrogen-bond donors (Lipinski definition) is 0. The van der Waals surface area contributed by atoms with Crippen LogP contribution in [0.3, 0.4) is 0 Å². The Kier molecular flexibility index (Phi) is 7.79. The Hall–Kier alpha value is -0.900. The zero-order chi connectivity index (χ0) is 12.0. The maximum absolute atomic E-state index is 11.6. The summed E-state index contributed by atoms with van der Waals surface area (Å²) < 4.78 is 1.66. The predicted octanol–water partition coefficient (Wildman–Crippen LogP) is -0.735. The van der Waals surface area contributed by atoms with Crippen LogP contribution in [0.5, 0.6) is 0 Å². The normalized spacial score (nSPS) is 9.59. The average Bonchev–Trinajstić information content (AvgIpc) is 2.32. The van der Waals surface area contributed by atoms with Gasteiger partial charge in [-0.2, -0.15) is 0 Å². The van der Waals surface area contributed by atoms with E-state index in [0.29, 0.717) is 6.42 Å². The second-order valence-electron chi connectivity index (χ2n) is 3.78. The van der Waals surface area contributed by atoms with Crippen LogP contribution in [-0.2, 0) is 0 Å². The molecule has 1 aromatic rings. The maximum atomic E-state index is 11.6. The van der Waals surface area contributed by atoms with E-state index in [1.165, 1.54) is 5.69 Å². The minimum absolute atomic E-state index is 0. The van der Waals surface area contributed by atoms with Crippen LogP contribution >= 0.6 is 0 Å². The first-order chi connectivity index (χ1) is 7.72. The van der Waals surface area contributed by atoms with Gasteiger partial charge in [0.1, 0.15) is 0 Å². The Bertz CT molecular complexity index is 334. The van der Waals surface area contributed by atoms with E-state index in [4.69, 9.17) is 0 Å². The number of carbonyl (C=O) groups excluding carboxylic acids is 1. The molecule has 0 fully saturated rings. The lowest BCUT2D eigenvalue weighted by Crippen LogP contribution is -3.00. The third-order valence-electron chi connectivity index (χ3n) is 2.69. The van der Waals surface area contributed by atoms with E-state index in [9.17, 15) is 4.79 Å². The molecule has 0 saturated carbocycles. The van der Waals surface area contributed by atoms with Gasteiger partial charge in [0.25, 0.3) is 0 Å². The highest BCUT2D eigenvalue weighted by Crippen LogP contribution is 2.10. The van der Waals surface area contributed by atoms with Crippen LogP contribution in [0, 0.1) is 0 Å². The molecule has 0 N–H and O–H groups in total. The number of hydrogen-bond acceptors (Lipinski definition) is 2. The number of carbonyl (C=O) groups is 1. The van der Waals surface area contributed by atoms with Gasteiger partial charge in [0.15, 0.2) is 12.4 Å². The van der Waals surface area contributed by atoms with Gasteiger partial charge in [-0.1, -0.05) is 6.92 Å². The van der Waals surface area contributed by atoms with Crippen molar-refractivity contribution in [1.29, 1.82) is 0 Å². The predicted molar refractivity (Wildman–Crippen MR) is 65.7 cm³/mol. The highest BCUT2D eigenvalue weighted by atomic mass is 79.9. The van der Waals surface area contributed by atoms with Crippen molar-refractivity contribution >= 4 is 11.6 Å². The molecule has 0 radical (unpaired) electrons. The first-order valence-electron chi connectivity index (χ1n) is 6.02. The highest BCUT2D eigenvalue weighted by molar-refractivity contribution is 5.66. The molecule has 0 spiro atoms. The summed E-state index contributed by atoms with van der Waals surface area (Å²) in [6.07, 6.45) is 5.20. The molecule has 1 heterocycles. The van der Waals surface area contributed by atoms with E-state index >= 15 is 0 Å². The van der Waals surface area contributed by atoms with E-state index in [-0.39, 0.29) is 22.9 Å². The molecule has 17 heavy (non-hydrogen) atoms. The summed E-state index contributed by atoms with van der Waals surface area (Å²) in [7, 11) is 0. The summed E-state index contributed by atoms with van der Waals surface area (Å²) >= 11 is 0. The summed E-state index contributed by atoms with van der Waals surface area (Å²) in [4.78, 5) is 13.9. The van der Waals surface area contributed by atoms with Crippen molar-refractivity contribution in [2.45, 2.75) is 33.6 Å². The summed E-state index contributed by atoms with van der Waals surface area (Å²) in [5, 5.41) is 0. The minimum Gasteiger partial charge on any atom is -1.00 e. The molecular formula is C13H21BrN2O. The van der Waals surface area contributed by atoms with Crippen LogP contribution in [0.25, 0.3) is 0 Å².